The first kappa shape index (κ1) is 54.2. The van der Waals surface area contributed by atoms with Crippen LogP contribution in [0.4, 0.5) is 0 Å². The van der Waals surface area contributed by atoms with Crippen LogP contribution in [-0.2, 0) is 0 Å². The van der Waals surface area contributed by atoms with Crippen LogP contribution in [0.2, 0.25) is 0 Å². The first-order chi connectivity index (χ1) is 48.5. The minimum Gasteiger partial charge on any atom is -0.309 e. The largest absolute Gasteiger partial charge is 0.309 e. The Bertz CT molecular complexity index is 7210. The molecule has 7 heterocycles. The first-order valence-corrected chi connectivity index (χ1v) is 35.7. The zero-order valence-corrected chi connectivity index (χ0v) is 54.9. The highest BCUT2D eigenvalue weighted by molar-refractivity contribution is 7.26. The maximum atomic E-state index is 5.93. The zero-order valence-electron chi connectivity index (χ0n) is 52.4. The van der Waals surface area contributed by atoms with E-state index in [1.807, 2.05) is 34.0 Å². The van der Waals surface area contributed by atoms with Crippen LogP contribution in [0, 0.1) is 0 Å². The summed E-state index contributed by atoms with van der Waals surface area (Å²) in [6, 6.07) is 115. The molecule has 0 fully saturated rings. The second-order valence-electron chi connectivity index (χ2n) is 25.9. The van der Waals surface area contributed by atoms with Crippen molar-refractivity contribution in [1.29, 1.82) is 0 Å². The molecule has 0 aliphatic heterocycles. The summed E-state index contributed by atoms with van der Waals surface area (Å²) in [7, 11) is 0. The Morgan fingerprint density at radius 2 is 0.571 bits per heavy atom. The molecular weight excluding hydrogens is 1250 g/mol. The van der Waals surface area contributed by atoms with Gasteiger partial charge in [0.05, 0.1) is 50.0 Å². The molecule has 0 aliphatic rings. The molecule has 0 radical (unpaired) electrons. The molecule has 98 heavy (non-hydrogen) atoms. The van der Waals surface area contributed by atoms with Gasteiger partial charge in [-0.3, -0.25) is 4.57 Å². The molecule has 454 valence electrons. The van der Waals surface area contributed by atoms with Crippen LogP contribution in [0.25, 0.3) is 210 Å². The maximum Gasteiger partial charge on any atom is 0.235 e. The highest BCUT2D eigenvalue weighted by Gasteiger charge is 2.24. The molecule has 0 unspecified atom stereocenters. The molecule has 8 heteroatoms. The van der Waals surface area contributed by atoms with Gasteiger partial charge in [0.25, 0.3) is 0 Å². The highest BCUT2D eigenvalue weighted by Crippen LogP contribution is 2.46. The van der Waals surface area contributed by atoms with Crippen molar-refractivity contribution >= 4 is 182 Å². The van der Waals surface area contributed by atoms with Gasteiger partial charge in [-0.25, -0.2) is 9.97 Å². The number of hydrogen-bond acceptors (Lipinski definition) is 5. The molecule has 22 rings (SSSR count). The van der Waals surface area contributed by atoms with E-state index in [-0.39, 0.29) is 0 Å². The van der Waals surface area contributed by atoms with Crippen molar-refractivity contribution in [3.63, 3.8) is 0 Å². The van der Waals surface area contributed by atoms with E-state index in [0.29, 0.717) is 5.95 Å². The Balaban J connectivity index is 0.744. The smallest absolute Gasteiger partial charge is 0.235 e. The van der Waals surface area contributed by atoms with Crippen LogP contribution < -0.4 is 0 Å². The Labute approximate surface area is 572 Å². The minimum atomic E-state index is 0.612. The average molecular weight is 1300 g/mol. The van der Waals surface area contributed by atoms with Crippen LogP contribution in [0.1, 0.15) is 0 Å². The van der Waals surface area contributed by atoms with Gasteiger partial charge in [0, 0.05) is 115 Å². The number of rotatable bonds is 7. The fourth-order valence-corrected chi connectivity index (χ4v) is 19.4. The fraction of sp³-hybridized carbons (Fsp3) is 0. The number of thiophene rings is 3. The summed E-state index contributed by atoms with van der Waals surface area (Å²) in [5.41, 5.74) is 18.7. The van der Waals surface area contributed by atoms with Crippen LogP contribution in [0.5, 0.6) is 0 Å². The molecule has 0 aliphatic carbocycles. The van der Waals surface area contributed by atoms with Gasteiger partial charge in [-0.1, -0.05) is 176 Å². The van der Waals surface area contributed by atoms with Crippen molar-refractivity contribution in [2.24, 2.45) is 0 Å². The number of benzene rings is 15. The molecule has 0 spiro atoms. The third-order valence-corrected chi connectivity index (χ3v) is 24.1. The second-order valence-corrected chi connectivity index (χ2v) is 29.2. The lowest BCUT2D eigenvalue weighted by atomic mass is 9.97. The molecule has 22 aromatic rings. The van der Waals surface area contributed by atoms with Gasteiger partial charge in [-0.05, 0) is 172 Å². The van der Waals surface area contributed by atoms with Gasteiger partial charge in [-0.15, -0.1) is 34.0 Å². The average Bonchev–Trinajstić information content (AvgIpc) is 1.73. The normalized spacial score (nSPS) is 12.3. The van der Waals surface area contributed by atoms with E-state index in [1.165, 1.54) is 115 Å². The van der Waals surface area contributed by atoms with Gasteiger partial charge in [0.15, 0.2) is 0 Å². The second kappa shape index (κ2) is 20.7. The third-order valence-electron chi connectivity index (χ3n) is 20.7. The number of hydrogen-bond donors (Lipinski definition) is 0. The minimum absolute atomic E-state index is 0.612. The third kappa shape index (κ3) is 7.99. The van der Waals surface area contributed by atoms with E-state index in [0.717, 1.165) is 88.2 Å². The van der Waals surface area contributed by atoms with E-state index in [2.05, 4.69) is 323 Å². The van der Waals surface area contributed by atoms with Crippen molar-refractivity contribution in [2.45, 2.75) is 0 Å². The number of para-hydroxylation sites is 3. The molecule has 15 aromatic carbocycles. The molecule has 0 atom stereocenters. The fourth-order valence-electron chi connectivity index (χ4n) is 16.2. The van der Waals surface area contributed by atoms with Crippen molar-refractivity contribution < 1.29 is 0 Å². The molecule has 0 N–H and O–H groups in total. The molecular formula is C90H51N5S3. The standard InChI is InChI=1S/C90H51N5S3/c1-2-16-60-59(15-1)67(36-41-79(60)94-77-24-10-4-18-62(77)69-46-53(30-39-81(69)94)56-33-43-87-72(49-56)65-21-7-13-27-84(65)97-87)89-74-51-58(93-76-23-9-3-17-61(76)68-45-52(29-38-80(68)93)55-32-42-86-71(48-55)64-20-6-12-26-83(64)96-86)35-37-75(74)91-90(92-89)95-78-25-11-5-19-63(78)70-47-54(31-40-82(70)95)57-34-44-88-73(50-57)66-22-8-14-28-85(66)98-88/h1-51H. The summed E-state index contributed by atoms with van der Waals surface area (Å²) < 4.78 is 15.0. The van der Waals surface area contributed by atoms with E-state index < -0.39 is 0 Å². The molecule has 0 bridgehead atoms. The summed E-state index contributed by atoms with van der Waals surface area (Å²) >= 11 is 5.57. The first-order valence-electron chi connectivity index (χ1n) is 33.3. The summed E-state index contributed by atoms with van der Waals surface area (Å²) in [6.45, 7) is 0. The molecule has 0 saturated heterocycles. The van der Waals surface area contributed by atoms with Crippen LogP contribution >= 0.6 is 34.0 Å². The van der Waals surface area contributed by atoms with E-state index in [1.54, 1.807) is 0 Å². The predicted octanol–water partition coefficient (Wildman–Crippen LogP) is 25.8. The Morgan fingerprint density at radius 3 is 1.06 bits per heavy atom. The van der Waals surface area contributed by atoms with Crippen LogP contribution in [0.15, 0.2) is 309 Å². The molecule has 0 saturated carbocycles. The number of fused-ring (bicyclic) bond motifs is 20. The van der Waals surface area contributed by atoms with Gasteiger partial charge >= 0.3 is 0 Å². The maximum absolute atomic E-state index is 5.93. The summed E-state index contributed by atoms with van der Waals surface area (Å²) in [4.78, 5) is 11.6. The Kier molecular flexibility index (Phi) is 11.5. The zero-order chi connectivity index (χ0) is 63.8. The SMILES string of the molecule is c1ccc2c(c1)sc1ccc(-c3ccc4c(c3)c3ccccc3n4-c3ccc4nc(-n5c6ccccc6c6cc(-c7ccc8sc9ccccc9c8c7)ccc65)nc(-c5ccc(-n6c7ccccc7c7cc(-c8ccc9sc%10ccccc%10c9c8)ccc76)c6ccccc56)c4c3)cc12. The van der Waals surface area contributed by atoms with E-state index in [4.69, 9.17) is 9.97 Å². The topological polar surface area (TPSA) is 40.6 Å². The lowest BCUT2D eigenvalue weighted by Gasteiger charge is -2.17. The van der Waals surface area contributed by atoms with Crippen molar-refractivity contribution in [3.05, 3.63) is 309 Å². The Morgan fingerprint density at radius 1 is 0.214 bits per heavy atom. The highest BCUT2D eigenvalue weighted by atomic mass is 32.1. The molecule has 0 amide bonds. The quantitative estimate of drug-likeness (QED) is 0.160. The summed E-state index contributed by atoms with van der Waals surface area (Å²) in [5, 5.41) is 18.1. The number of aromatic nitrogens is 5. The van der Waals surface area contributed by atoms with Crippen LogP contribution in [0.3, 0.4) is 0 Å². The lowest BCUT2D eigenvalue weighted by Crippen LogP contribution is -2.05. The van der Waals surface area contributed by atoms with Crippen molar-refractivity contribution in [3.8, 4) is 62.0 Å². The molecule has 5 nitrogen and oxygen atoms in total. The van der Waals surface area contributed by atoms with Gasteiger partial charge < -0.3 is 9.13 Å². The van der Waals surface area contributed by atoms with Crippen molar-refractivity contribution in [1.82, 2.24) is 23.7 Å². The van der Waals surface area contributed by atoms with Gasteiger partial charge in [0.2, 0.25) is 5.95 Å². The summed E-state index contributed by atoms with van der Waals surface area (Å²) in [5.74, 6) is 0.612. The van der Waals surface area contributed by atoms with Crippen molar-refractivity contribution in [2.75, 3.05) is 0 Å². The lowest BCUT2D eigenvalue weighted by molar-refractivity contribution is 1.01. The van der Waals surface area contributed by atoms with E-state index in [9.17, 15) is 0 Å². The molecule has 7 aromatic heterocycles. The Hall–Kier alpha value is -12.0. The van der Waals surface area contributed by atoms with Gasteiger partial charge in [-0.2, -0.15) is 0 Å². The van der Waals surface area contributed by atoms with Crippen LogP contribution in [-0.4, -0.2) is 23.7 Å². The van der Waals surface area contributed by atoms with Gasteiger partial charge in [0.1, 0.15) is 0 Å². The number of nitrogens with zero attached hydrogens (tertiary/aromatic N) is 5. The summed E-state index contributed by atoms with van der Waals surface area (Å²) in [6.07, 6.45) is 0. The van der Waals surface area contributed by atoms with E-state index >= 15 is 0 Å². The monoisotopic (exact) mass is 1300 g/mol. The predicted molar refractivity (Wildman–Crippen MR) is 420 cm³/mol.